The highest BCUT2D eigenvalue weighted by Crippen LogP contribution is 2.23. The third kappa shape index (κ3) is 4.65. The summed E-state index contributed by atoms with van der Waals surface area (Å²) >= 11 is 0. The standard InChI is InChI=1S/C18H23NO4/c1-12(20)13-8-10-14(11-9-13)17(21)19-16-7-5-3-2-4-6-15(16)18(22)23/h8-11,15-16H,2-7H2,1H3,(H,19,21)(H,22,23). The molecule has 5 heteroatoms. The lowest BCUT2D eigenvalue weighted by atomic mass is 9.86. The van der Waals surface area contributed by atoms with Gasteiger partial charge in [-0.05, 0) is 31.9 Å². The minimum Gasteiger partial charge on any atom is -0.481 e. The first-order valence-electron chi connectivity index (χ1n) is 8.13. The first-order chi connectivity index (χ1) is 11.0. The van der Waals surface area contributed by atoms with E-state index >= 15 is 0 Å². The molecule has 2 unspecified atom stereocenters. The minimum atomic E-state index is -0.843. The second kappa shape index (κ2) is 7.90. The third-order valence-electron chi connectivity index (χ3n) is 4.45. The molecule has 1 aliphatic rings. The molecular weight excluding hydrogens is 294 g/mol. The predicted octanol–water partition coefficient (Wildman–Crippen LogP) is 3.04. The van der Waals surface area contributed by atoms with Crippen molar-refractivity contribution in [2.24, 2.45) is 5.92 Å². The minimum absolute atomic E-state index is 0.0529. The van der Waals surface area contributed by atoms with E-state index in [0.717, 1.165) is 25.7 Å². The maximum absolute atomic E-state index is 12.4. The summed E-state index contributed by atoms with van der Waals surface area (Å²) in [6.45, 7) is 1.47. The van der Waals surface area contributed by atoms with Gasteiger partial charge in [0, 0.05) is 17.2 Å². The van der Waals surface area contributed by atoms with E-state index in [0.29, 0.717) is 24.0 Å². The zero-order chi connectivity index (χ0) is 16.8. The maximum atomic E-state index is 12.4. The van der Waals surface area contributed by atoms with Crippen molar-refractivity contribution in [1.29, 1.82) is 0 Å². The summed E-state index contributed by atoms with van der Waals surface area (Å²) in [6, 6.07) is 6.09. The number of benzene rings is 1. The molecule has 0 spiro atoms. The molecule has 1 amide bonds. The summed E-state index contributed by atoms with van der Waals surface area (Å²) in [5, 5.41) is 12.3. The van der Waals surface area contributed by atoms with Crippen LogP contribution in [0.1, 0.15) is 66.2 Å². The van der Waals surface area contributed by atoms with Gasteiger partial charge in [-0.15, -0.1) is 0 Å². The Kier molecular flexibility index (Phi) is 5.90. The lowest BCUT2D eigenvalue weighted by molar-refractivity contribution is -0.143. The van der Waals surface area contributed by atoms with Crippen LogP contribution in [0.15, 0.2) is 24.3 Å². The van der Waals surface area contributed by atoms with E-state index in [-0.39, 0.29) is 17.7 Å². The number of ketones is 1. The summed E-state index contributed by atoms with van der Waals surface area (Å²) in [5.74, 6) is -1.71. The largest absolute Gasteiger partial charge is 0.481 e. The van der Waals surface area contributed by atoms with Gasteiger partial charge in [0.05, 0.1) is 5.92 Å². The Labute approximate surface area is 136 Å². The smallest absolute Gasteiger partial charge is 0.308 e. The molecule has 0 radical (unpaired) electrons. The molecule has 124 valence electrons. The van der Waals surface area contributed by atoms with Gasteiger partial charge in [-0.3, -0.25) is 14.4 Å². The Balaban J connectivity index is 2.08. The number of aliphatic carboxylic acids is 1. The van der Waals surface area contributed by atoms with Gasteiger partial charge in [0.1, 0.15) is 0 Å². The Bertz CT molecular complexity index is 579. The average molecular weight is 317 g/mol. The lowest BCUT2D eigenvalue weighted by Gasteiger charge is -2.27. The Morgan fingerprint density at radius 1 is 0.957 bits per heavy atom. The fourth-order valence-corrected chi connectivity index (χ4v) is 3.06. The van der Waals surface area contributed by atoms with Gasteiger partial charge < -0.3 is 10.4 Å². The summed E-state index contributed by atoms with van der Waals surface area (Å²) in [4.78, 5) is 35.1. The molecule has 0 saturated heterocycles. The van der Waals surface area contributed by atoms with E-state index in [1.54, 1.807) is 24.3 Å². The topological polar surface area (TPSA) is 83.5 Å². The van der Waals surface area contributed by atoms with Crippen LogP contribution in [0.2, 0.25) is 0 Å². The van der Waals surface area contributed by atoms with Gasteiger partial charge in [-0.1, -0.05) is 37.8 Å². The number of Topliss-reactive ketones (excluding diaryl/α,β-unsaturated/α-hetero) is 1. The first-order valence-corrected chi connectivity index (χ1v) is 8.13. The highest BCUT2D eigenvalue weighted by atomic mass is 16.4. The number of carboxylic acid groups (broad SMARTS) is 1. The molecule has 1 aliphatic carbocycles. The summed E-state index contributed by atoms with van der Waals surface area (Å²) in [5.41, 5.74) is 0.997. The van der Waals surface area contributed by atoms with E-state index < -0.39 is 11.9 Å². The first kappa shape index (κ1) is 17.2. The van der Waals surface area contributed by atoms with Crippen LogP contribution in [-0.4, -0.2) is 28.8 Å². The zero-order valence-electron chi connectivity index (χ0n) is 13.4. The number of carbonyl (C=O) groups excluding carboxylic acids is 2. The van der Waals surface area contributed by atoms with Crippen molar-refractivity contribution in [2.45, 2.75) is 51.5 Å². The fraction of sp³-hybridized carbons (Fsp3) is 0.500. The lowest BCUT2D eigenvalue weighted by Crippen LogP contribution is -2.43. The molecule has 1 fully saturated rings. The van der Waals surface area contributed by atoms with Gasteiger partial charge in [0.15, 0.2) is 5.78 Å². The molecular formula is C18H23NO4. The number of hydrogen-bond donors (Lipinski definition) is 2. The normalized spacial score (nSPS) is 21.8. The molecule has 2 atom stereocenters. The molecule has 1 aromatic carbocycles. The van der Waals surface area contributed by atoms with Crippen LogP contribution in [0, 0.1) is 5.92 Å². The number of rotatable bonds is 4. The van der Waals surface area contributed by atoms with Crippen molar-refractivity contribution in [2.75, 3.05) is 0 Å². The van der Waals surface area contributed by atoms with E-state index in [9.17, 15) is 19.5 Å². The van der Waals surface area contributed by atoms with Crippen LogP contribution in [-0.2, 0) is 4.79 Å². The van der Waals surface area contributed by atoms with E-state index in [4.69, 9.17) is 0 Å². The van der Waals surface area contributed by atoms with E-state index in [2.05, 4.69) is 5.32 Å². The van der Waals surface area contributed by atoms with Crippen molar-refractivity contribution >= 4 is 17.7 Å². The van der Waals surface area contributed by atoms with Gasteiger partial charge in [0.25, 0.3) is 5.91 Å². The molecule has 0 aromatic heterocycles. The highest BCUT2D eigenvalue weighted by molar-refractivity contribution is 5.98. The molecule has 0 aliphatic heterocycles. The number of carboxylic acids is 1. The van der Waals surface area contributed by atoms with Gasteiger partial charge in [-0.25, -0.2) is 0 Å². The van der Waals surface area contributed by atoms with Crippen LogP contribution in [0.4, 0.5) is 0 Å². The third-order valence-corrected chi connectivity index (χ3v) is 4.45. The van der Waals surface area contributed by atoms with Gasteiger partial charge >= 0.3 is 5.97 Å². The second-order valence-corrected chi connectivity index (χ2v) is 6.15. The molecule has 2 N–H and O–H groups in total. The Morgan fingerprint density at radius 3 is 2.09 bits per heavy atom. The molecule has 1 aromatic rings. The summed E-state index contributed by atoms with van der Waals surface area (Å²) in [7, 11) is 0. The molecule has 2 rings (SSSR count). The van der Waals surface area contributed by atoms with Crippen molar-refractivity contribution in [3.05, 3.63) is 35.4 Å². The molecule has 23 heavy (non-hydrogen) atoms. The molecule has 1 saturated carbocycles. The number of carbonyl (C=O) groups is 3. The Hall–Kier alpha value is -2.17. The SMILES string of the molecule is CC(=O)c1ccc(C(=O)NC2CCCCCCC2C(=O)O)cc1. The van der Waals surface area contributed by atoms with Crippen LogP contribution < -0.4 is 5.32 Å². The van der Waals surface area contributed by atoms with E-state index in [1.165, 1.54) is 6.92 Å². The molecule has 5 nitrogen and oxygen atoms in total. The van der Waals surface area contributed by atoms with Crippen molar-refractivity contribution in [1.82, 2.24) is 5.32 Å². The Morgan fingerprint density at radius 2 is 1.52 bits per heavy atom. The number of nitrogens with one attached hydrogen (secondary N) is 1. The van der Waals surface area contributed by atoms with Gasteiger partial charge in [-0.2, -0.15) is 0 Å². The summed E-state index contributed by atoms with van der Waals surface area (Å²) in [6.07, 6.45) is 5.23. The predicted molar refractivity (Wildman–Crippen MR) is 86.5 cm³/mol. The van der Waals surface area contributed by atoms with Crippen LogP contribution >= 0.6 is 0 Å². The zero-order valence-corrected chi connectivity index (χ0v) is 13.4. The fourth-order valence-electron chi connectivity index (χ4n) is 3.06. The van der Waals surface area contributed by atoms with Crippen LogP contribution in [0.5, 0.6) is 0 Å². The van der Waals surface area contributed by atoms with Gasteiger partial charge in [0.2, 0.25) is 0 Å². The molecule has 0 bridgehead atoms. The van der Waals surface area contributed by atoms with Crippen molar-refractivity contribution < 1.29 is 19.5 Å². The second-order valence-electron chi connectivity index (χ2n) is 6.15. The number of amides is 1. The van der Waals surface area contributed by atoms with Crippen molar-refractivity contribution in [3.8, 4) is 0 Å². The maximum Gasteiger partial charge on any atom is 0.308 e. The van der Waals surface area contributed by atoms with E-state index in [1.807, 2.05) is 0 Å². The average Bonchev–Trinajstić information content (AvgIpc) is 2.49. The monoisotopic (exact) mass is 317 g/mol. The van der Waals surface area contributed by atoms with Crippen LogP contribution in [0.25, 0.3) is 0 Å². The highest BCUT2D eigenvalue weighted by Gasteiger charge is 2.30. The summed E-state index contributed by atoms with van der Waals surface area (Å²) < 4.78 is 0. The molecule has 0 heterocycles. The van der Waals surface area contributed by atoms with Crippen LogP contribution in [0.3, 0.4) is 0 Å². The quantitative estimate of drug-likeness (QED) is 0.836. The number of hydrogen-bond acceptors (Lipinski definition) is 3. The van der Waals surface area contributed by atoms with Crippen molar-refractivity contribution in [3.63, 3.8) is 0 Å².